The highest BCUT2D eigenvalue weighted by Gasteiger charge is 2.14. The summed E-state index contributed by atoms with van der Waals surface area (Å²) in [5.41, 5.74) is 3.70. The smallest absolute Gasteiger partial charge is 0.224 e. The zero-order chi connectivity index (χ0) is 34.0. The van der Waals surface area contributed by atoms with E-state index in [9.17, 15) is 0 Å². The predicted octanol–water partition coefficient (Wildman–Crippen LogP) is 8.19. The molecule has 11 nitrogen and oxygen atoms in total. The number of methoxy groups -OCH3 is 4. The second-order valence-electron chi connectivity index (χ2n) is 10.4. The number of benzene rings is 3. The highest BCUT2D eigenvalue weighted by Crippen LogP contribution is 2.35. The number of hydrogen-bond donors (Lipinski definition) is 2. The Morgan fingerprint density at radius 3 is 1.88 bits per heavy atom. The van der Waals surface area contributed by atoms with Crippen LogP contribution in [0.1, 0.15) is 18.4 Å². The Labute approximate surface area is 292 Å². The molecule has 0 atom stereocenters. The van der Waals surface area contributed by atoms with E-state index in [0.29, 0.717) is 51.8 Å². The molecule has 0 aliphatic carbocycles. The average molecular weight is 714 g/mol. The van der Waals surface area contributed by atoms with Gasteiger partial charge in [-0.15, -0.1) is 0 Å². The lowest BCUT2D eigenvalue weighted by Crippen LogP contribution is -2.07. The fraction of sp³-hybridized carbons (Fsp3) is 0.294. The Balaban J connectivity index is 0.000000180. The molecule has 14 heteroatoms. The van der Waals surface area contributed by atoms with Crippen LogP contribution in [-0.2, 0) is 11.2 Å². The lowest BCUT2D eigenvalue weighted by Gasteiger charge is -2.12. The van der Waals surface area contributed by atoms with Gasteiger partial charge < -0.3 is 34.0 Å². The van der Waals surface area contributed by atoms with Crippen molar-refractivity contribution in [2.75, 3.05) is 53.5 Å². The summed E-state index contributed by atoms with van der Waals surface area (Å²) in [4.78, 5) is 19.9. The molecule has 0 bridgehead atoms. The zero-order valence-corrected chi connectivity index (χ0v) is 29.2. The SMILES string of the molecule is C1CCOC1.COc1cc2nc(Cl)nc(Cl)c2cc1OC.COc1cc2nc(Cl)nc(NCCc3c[nH]c4ccccc34)c2cc1OC. The molecule has 0 radical (unpaired) electrons. The molecule has 0 saturated carbocycles. The number of aromatic amines is 1. The molecule has 7 rings (SSSR count). The monoisotopic (exact) mass is 712 g/mol. The molecule has 0 unspecified atom stereocenters. The number of H-pyrrole nitrogens is 1. The van der Waals surface area contributed by atoms with Gasteiger partial charge in [-0.05, 0) is 66.2 Å². The van der Waals surface area contributed by atoms with Crippen LogP contribution in [0, 0.1) is 0 Å². The molecule has 1 saturated heterocycles. The summed E-state index contributed by atoms with van der Waals surface area (Å²) in [6, 6.07) is 15.3. The van der Waals surface area contributed by atoms with Crippen LogP contribution >= 0.6 is 34.8 Å². The molecule has 1 aliphatic rings. The van der Waals surface area contributed by atoms with Gasteiger partial charge in [0.1, 0.15) is 11.0 Å². The Morgan fingerprint density at radius 1 is 0.708 bits per heavy atom. The van der Waals surface area contributed by atoms with Crippen molar-refractivity contribution in [3.05, 3.63) is 76.0 Å². The van der Waals surface area contributed by atoms with Gasteiger partial charge in [0, 0.05) is 59.8 Å². The van der Waals surface area contributed by atoms with Crippen molar-refractivity contribution in [3.8, 4) is 23.0 Å². The second-order valence-corrected chi connectivity index (χ2v) is 11.5. The Bertz CT molecular complexity index is 2000. The van der Waals surface area contributed by atoms with Gasteiger partial charge >= 0.3 is 0 Å². The van der Waals surface area contributed by atoms with Crippen molar-refractivity contribution in [1.82, 2.24) is 24.9 Å². The van der Waals surface area contributed by atoms with Gasteiger partial charge in [0.2, 0.25) is 10.6 Å². The molecular formula is C34H35Cl3N6O5. The van der Waals surface area contributed by atoms with Crippen molar-refractivity contribution in [2.45, 2.75) is 19.3 Å². The van der Waals surface area contributed by atoms with Gasteiger partial charge in [-0.3, -0.25) is 0 Å². The number of anilines is 1. The normalized spacial score (nSPS) is 12.2. The number of fused-ring (bicyclic) bond motifs is 3. The Hall–Kier alpha value is -4.29. The first-order valence-corrected chi connectivity index (χ1v) is 16.2. The molecule has 0 spiro atoms. The van der Waals surface area contributed by atoms with Crippen LogP contribution in [0.25, 0.3) is 32.7 Å². The van der Waals surface area contributed by atoms with E-state index in [-0.39, 0.29) is 15.7 Å². The lowest BCUT2D eigenvalue weighted by atomic mass is 10.1. The van der Waals surface area contributed by atoms with E-state index >= 15 is 0 Å². The Morgan fingerprint density at radius 2 is 1.27 bits per heavy atom. The standard InChI is InChI=1S/C20H19ClN4O2.C10H8Cl2N2O2.C4H8O/c1-26-17-9-14-16(10-18(17)27-2)24-20(21)25-19(14)22-8-7-12-11-23-15-6-4-3-5-13(12)15;1-15-7-3-5-6(4-8(7)16-2)13-10(12)14-9(5)11;1-2-4-5-3-1/h3-6,9-11,23H,7-8H2,1-2H3,(H,22,24,25);3-4H,1-2H3;1-4H2. The second kappa shape index (κ2) is 16.7. The van der Waals surface area contributed by atoms with Crippen LogP contribution in [-0.4, -0.2) is 73.1 Å². The summed E-state index contributed by atoms with van der Waals surface area (Å²) >= 11 is 17.8. The average Bonchev–Trinajstić information content (AvgIpc) is 3.82. The van der Waals surface area contributed by atoms with Gasteiger partial charge in [-0.25, -0.2) is 19.9 Å². The first-order chi connectivity index (χ1) is 23.3. The number of hydrogen-bond acceptors (Lipinski definition) is 10. The number of nitrogens with one attached hydrogen (secondary N) is 2. The van der Waals surface area contributed by atoms with Crippen molar-refractivity contribution in [2.24, 2.45) is 0 Å². The summed E-state index contributed by atoms with van der Waals surface area (Å²) in [5.74, 6) is 3.04. The topological polar surface area (TPSA) is 126 Å². The molecular weight excluding hydrogens is 679 g/mol. The maximum absolute atomic E-state index is 6.11. The minimum absolute atomic E-state index is 0.102. The molecule has 48 heavy (non-hydrogen) atoms. The van der Waals surface area contributed by atoms with Crippen LogP contribution in [0.5, 0.6) is 23.0 Å². The number of nitrogens with zero attached hydrogens (tertiary/aromatic N) is 4. The Kier molecular flexibility index (Phi) is 12.2. The number of ether oxygens (including phenoxy) is 5. The number of aromatic nitrogens is 5. The van der Waals surface area contributed by atoms with E-state index in [0.717, 1.165) is 30.5 Å². The van der Waals surface area contributed by atoms with E-state index < -0.39 is 0 Å². The molecule has 0 amide bonds. The van der Waals surface area contributed by atoms with Gasteiger partial charge in [0.15, 0.2) is 23.0 Å². The number of halogens is 3. The summed E-state index contributed by atoms with van der Waals surface area (Å²) in [5, 5.41) is 6.68. The van der Waals surface area contributed by atoms with Crippen LogP contribution < -0.4 is 24.3 Å². The maximum Gasteiger partial charge on any atom is 0.224 e. The van der Waals surface area contributed by atoms with Crippen LogP contribution in [0.15, 0.2) is 54.7 Å². The van der Waals surface area contributed by atoms with Crippen molar-refractivity contribution < 1.29 is 23.7 Å². The van der Waals surface area contributed by atoms with E-state index in [2.05, 4.69) is 42.4 Å². The van der Waals surface area contributed by atoms with Gasteiger partial charge in [0.25, 0.3) is 0 Å². The summed E-state index contributed by atoms with van der Waals surface area (Å²) in [6.07, 6.45) is 5.45. The largest absolute Gasteiger partial charge is 0.493 e. The summed E-state index contributed by atoms with van der Waals surface area (Å²) in [6.45, 7) is 2.71. The first-order valence-electron chi connectivity index (χ1n) is 15.1. The van der Waals surface area contributed by atoms with E-state index in [1.54, 1.807) is 46.6 Å². The summed E-state index contributed by atoms with van der Waals surface area (Å²) in [7, 11) is 6.29. The minimum Gasteiger partial charge on any atom is -0.493 e. The molecule has 2 N–H and O–H groups in total. The third-order valence-electron chi connectivity index (χ3n) is 7.49. The first kappa shape index (κ1) is 35.0. The fourth-order valence-electron chi connectivity index (χ4n) is 5.12. The third-order valence-corrected chi connectivity index (χ3v) is 8.12. The maximum atomic E-state index is 6.11. The van der Waals surface area contributed by atoms with Gasteiger partial charge in [-0.2, -0.15) is 0 Å². The van der Waals surface area contributed by atoms with E-state index in [1.807, 2.05) is 24.4 Å². The molecule has 1 aliphatic heterocycles. The third kappa shape index (κ3) is 8.40. The predicted molar refractivity (Wildman–Crippen MR) is 191 cm³/mol. The quantitative estimate of drug-likeness (QED) is 0.118. The zero-order valence-electron chi connectivity index (χ0n) is 26.9. The number of rotatable bonds is 8. The molecule has 4 heterocycles. The van der Waals surface area contributed by atoms with Gasteiger partial charge in [0.05, 0.1) is 39.5 Å². The molecule has 252 valence electrons. The molecule has 1 fully saturated rings. The van der Waals surface area contributed by atoms with Crippen molar-refractivity contribution in [1.29, 1.82) is 0 Å². The number of para-hydroxylation sites is 1. The van der Waals surface area contributed by atoms with Crippen molar-refractivity contribution >= 4 is 73.3 Å². The minimum atomic E-state index is 0.102. The van der Waals surface area contributed by atoms with Crippen molar-refractivity contribution in [3.63, 3.8) is 0 Å². The molecule has 3 aromatic heterocycles. The molecule has 6 aromatic rings. The van der Waals surface area contributed by atoms with Gasteiger partial charge in [-0.1, -0.05) is 29.8 Å². The highest BCUT2D eigenvalue weighted by atomic mass is 35.5. The molecule has 3 aromatic carbocycles. The fourth-order valence-corrected chi connectivity index (χ4v) is 5.74. The highest BCUT2D eigenvalue weighted by molar-refractivity contribution is 6.35. The van der Waals surface area contributed by atoms with Crippen LogP contribution in [0.3, 0.4) is 0 Å². The van der Waals surface area contributed by atoms with Crippen LogP contribution in [0.2, 0.25) is 15.7 Å². The van der Waals surface area contributed by atoms with E-state index in [1.165, 1.54) is 23.8 Å². The van der Waals surface area contributed by atoms with Crippen LogP contribution in [0.4, 0.5) is 5.82 Å². The van der Waals surface area contributed by atoms with E-state index in [4.69, 9.17) is 58.5 Å². The lowest BCUT2D eigenvalue weighted by molar-refractivity contribution is 0.198. The summed E-state index contributed by atoms with van der Waals surface area (Å²) < 4.78 is 26.0.